The summed E-state index contributed by atoms with van der Waals surface area (Å²) in [6.45, 7) is 9.56. The van der Waals surface area contributed by atoms with Crippen molar-refractivity contribution in [3.63, 3.8) is 0 Å². The number of nitrogens with two attached hydrogens (primary N) is 1. The number of aryl methyl sites for hydroxylation is 1. The predicted octanol–water partition coefficient (Wildman–Crippen LogP) is 1.37. The summed E-state index contributed by atoms with van der Waals surface area (Å²) in [7, 11) is -0.586. The molecule has 114 valence electrons. The van der Waals surface area contributed by atoms with Crippen LogP contribution in [-0.2, 0) is 9.31 Å². The van der Waals surface area contributed by atoms with Gasteiger partial charge in [-0.1, -0.05) is 6.08 Å². The molecule has 6 nitrogen and oxygen atoms in total. The Balaban J connectivity index is 2.31. The second-order valence-electron chi connectivity index (χ2n) is 6.23. The first kappa shape index (κ1) is 15.9. The van der Waals surface area contributed by atoms with Gasteiger partial charge in [-0.05, 0) is 40.1 Å². The minimum atomic E-state index is -0.586. The van der Waals surface area contributed by atoms with E-state index in [1.54, 1.807) is 12.3 Å². The van der Waals surface area contributed by atoms with Crippen LogP contribution in [0.15, 0.2) is 11.7 Å². The van der Waals surface area contributed by atoms with Crippen LogP contribution in [0.1, 0.15) is 39.0 Å². The van der Waals surface area contributed by atoms with Crippen LogP contribution < -0.4 is 5.73 Å². The number of hydrogen-bond acceptors (Lipinski definition) is 6. The van der Waals surface area contributed by atoms with Gasteiger partial charge in [0.05, 0.1) is 23.5 Å². The van der Waals surface area contributed by atoms with Crippen LogP contribution in [0.3, 0.4) is 0 Å². The molecule has 0 saturated carbocycles. The van der Waals surface area contributed by atoms with E-state index in [0.29, 0.717) is 5.47 Å². The van der Waals surface area contributed by atoms with Gasteiger partial charge in [-0.3, -0.25) is 0 Å². The van der Waals surface area contributed by atoms with Crippen molar-refractivity contribution in [3.05, 3.63) is 22.9 Å². The number of nitrogens with zero attached hydrogens (tertiary/aromatic N) is 2. The smallest absolute Gasteiger partial charge is 0.400 e. The average Bonchev–Trinajstić information content (AvgIpc) is 2.57. The van der Waals surface area contributed by atoms with E-state index in [0.717, 1.165) is 11.3 Å². The van der Waals surface area contributed by atoms with E-state index < -0.39 is 18.3 Å². The van der Waals surface area contributed by atoms with Crippen molar-refractivity contribution < 1.29 is 14.4 Å². The highest BCUT2D eigenvalue weighted by molar-refractivity contribution is 6.55. The Morgan fingerprint density at radius 1 is 1.33 bits per heavy atom. The van der Waals surface area contributed by atoms with Crippen LogP contribution in [0.4, 0.5) is 5.95 Å². The Hall–Kier alpha value is -1.44. The summed E-state index contributed by atoms with van der Waals surface area (Å²) in [5.41, 5.74) is 6.80. The third-order valence-corrected chi connectivity index (χ3v) is 4.12. The van der Waals surface area contributed by atoms with Crippen molar-refractivity contribution in [2.45, 2.75) is 45.8 Å². The average molecular weight is 291 g/mol. The van der Waals surface area contributed by atoms with E-state index >= 15 is 0 Å². The maximum Gasteiger partial charge on any atom is 0.492 e. The molecular weight excluding hydrogens is 269 g/mol. The zero-order chi connectivity index (χ0) is 15.8. The summed E-state index contributed by atoms with van der Waals surface area (Å²) in [5.74, 6) is 0.228. The molecule has 7 heteroatoms. The molecule has 0 radical (unpaired) electrons. The highest BCUT2D eigenvalue weighted by Crippen LogP contribution is 2.38. The van der Waals surface area contributed by atoms with Gasteiger partial charge in [0.15, 0.2) is 0 Å². The number of aromatic nitrogens is 2. The number of anilines is 1. The molecule has 2 rings (SSSR count). The number of nitrogen functional groups attached to an aromatic ring is 1. The molecule has 1 aliphatic rings. The third kappa shape index (κ3) is 3.10. The summed E-state index contributed by atoms with van der Waals surface area (Å²) in [6.07, 6.45) is 3.41. The lowest BCUT2D eigenvalue weighted by Gasteiger charge is -2.32. The molecule has 1 saturated heterocycles. The first-order chi connectivity index (χ1) is 9.66. The number of rotatable bonds is 3. The Kier molecular flexibility index (Phi) is 4.10. The summed E-state index contributed by atoms with van der Waals surface area (Å²) in [6, 6.07) is 0. The summed E-state index contributed by atoms with van der Waals surface area (Å²) in [5, 5.41) is 9.64. The zero-order valence-electron chi connectivity index (χ0n) is 13.2. The lowest BCUT2D eigenvalue weighted by Crippen LogP contribution is -2.41. The van der Waals surface area contributed by atoms with E-state index in [-0.39, 0.29) is 12.6 Å². The third-order valence-electron chi connectivity index (χ3n) is 4.12. The van der Waals surface area contributed by atoms with Crippen LogP contribution in [0.2, 0.25) is 0 Å². The number of hydrogen-bond donors (Lipinski definition) is 2. The fourth-order valence-corrected chi connectivity index (χ4v) is 2.02. The largest absolute Gasteiger partial charge is 0.492 e. The standard InChI is InChI=1S/C14H22BN3O3/c1-9-10(7-17-12(16)18-9)6-11(8-19)15-20-13(2,3)14(4,5)21-15/h6-7,19H,8H2,1-5H3,(H2,16,17,18). The molecule has 1 aromatic heterocycles. The van der Waals surface area contributed by atoms with Crippen molar-refractivity contribution in [2.75, 3.05) is 12.3 Å². The lowest BCUT2D eigenvalue weighted by molar-refractivity contribution is 0.00578. The van der Waals surface area contributed by atoms with Crippen molar-refractivity contribution in [3.8, 4) is 0 Å². The van der Waals surface area contributed by atoms with Gasteiger partial charge < -0.3 is 20.1 Å². The Labute approximate surface area is 125 Å². The minimum absolute atomic E-state index is 0.166. The molecule has 1 fully saturated rings. The highest BCUT2D eigenvalue weighted by atomic mass is 16.7. The first-order valence-electron chi connectivity index (χ1n) is 6.92. The van der Waals surface area contributed by atoms with E-state index in [9.17, 15) is 5.11 Å². The summed E-state index contributed by atoms with van der Waals surface area (Å²) < 4.78 is 11.9. The lowest BCUT2D eigenvalue weighted by atomic mass is 9.77. The molecule has 0 bridgehead atoms. The zero-order valence-corrected chi connectivity index (χ0v) is 13.2. The highest BCUT2D eigenvalue weighted by Gasteiger charge is 2.52. The Morgan fingerprint density at radius 3 is 2.38 bits per heavy atom. The van der Waals surface area contributed by atoms with Gasteiger partial charge >= 0.3 is 7.12 Å². The quantitative estimate of drug-likeness (QED) is 0.817. The van der Waals surface area contributed by atoms with Gasteiger partial charge in [-0.2, -0.15) is 0 Å². The Bertz CT molecular complexity index is 557. The van der Waals surface area contributed by atoms with Gasteiger partial charge in [0.1, 0.15) is 0 Å². The van der Waals surface area contributed by atoms with E-state index in [2.05, 4.69) is 9.97 Å². The van der Waals surface area contributed by atoms with Gasteiger partial charge in [-0.25, -0.2) is 9.97 Å². The molecule has 3 N–H and O–H groups in total. The second-order valence-corrected chi connectivity index (χ2v) is 6.23. The summed E-state index contributed by atoms with van der Waals surface area (Å²) >= 11 is 0. The number of aliphatic hydroxyl groups excluding tert-OH is 1. The van der Waals surface area contributed by atoms with Gasteiger partial charge in [0, 0.05) is 11.8 Å². The van der Waals surface area contributed by atoms with Gasteiger partial charge in [0.25, 0.3) is 0 Å². The molecule has 2 heterocycles. The molecule has 0 unspecified atom stereocenters. The van der Waals surface area contributed by atoms with E-state index in [4.69, 9.17) is 15.0 Å². The predicted molar refractivity (Wildman–Crippen MR) is 82.3 cm³/mol. The molecule has 0 spiro atoms. The van der Waals surface area contributed by atoms with Gasteiger partial charge in [0.2, 0.25) is 5.95 Å². The normalized spacial score (nSPS) is 20.9. The van der Waals surface area contributed by atoms with Crippen LogP contribution in [0.25, 0.3) is 6.08 Å². The summed E-state index contributed by atoms with van der Waals surface area (Å²) in [4.78, 5) is 8.07. The molecule has 0 amide bonds. The molecule has 0 atom stereocenters. The molecule has 1 aliphatic heterocycles. The van der Waals surface area contributed by atoms with E-state index in [1.807, 2.05) is 34.6 Å². The molecule has 1 aromatic rings. The second kappa shape index (κ2) is 5.40. The monoisotopic (exact) mass is 291 g/mol. The maximum absolute atomic E-state index is 9.64. The number of aliphatic hydroxyl groups is 1. The SMILES string of the molecule is Cc1nc(N)ncc1C=C(CO)B1OC(C)(C)C(C)(C)O1. The fraction of sp³-hybridized carbons (Fsp3) is 0.571. The van der Waals surface area contributed by atoms with Crippen molar-refractivity contribution in [2.24, 2.45) is 0 Å². The van der Waals surface area contributed by atoms with Gasteiger partial charge in [-0.15, -0.1) is 0 Å². The van der Waals surface area contributed by atoms with Crippen LogP contribution in [0, 0.1) is 6.92 Å². The minimum Gasteiger partial charge on any atom is -0.400 e. The maximum atomic E-state index is 9.64. The van der Waals surface area contributed by atoms with Crippen molar-refractivity contribution >= 4 is 19.1 Å². The molecular formula is C14H22BN3O3. The molecule has 21 heavy (non-hydrogen) atoms. The van der Waals surface area contributed by atoms with Crippen LogP contribution in [0.5, 0.6) is 0 Å². The van der Waals surface area contributed by atoms with Crippen molar-refractivity contribution in [1.29, 1.82) is 0 Å². The topological polar surface area (TPSA) is 90.5 Å². The van der Waals surface area contributed by atoms with Crippen LogP contribution >= 0.6 is 0 Å². The fourth-order valence-electron chi connectivity index (χ4n) is 2.02. The van der Waals surface area contributed by atoms with Crippen LogP contribution in [-0.4, -0.2) is 40.0 Å². The van der Waals surface area contributed by atoms with E-state index in [1.165, 1.54) is 0 Å². The first-order valence-corrected chi connectivity index (χ1v) is 6.92. The molecule has 0 aliphatic carbocycles. The molecule has 0 aromatic carbocycles. The Morgan fingerprint density at radius 2 is 1.90 bits per heavy atom. The van der Waals surface area contributed by atoms with Crippen molar-refractivity contribution in [1.82, 2.24) is 9.97 Å².